The normalized spacial score (nSPS) is 10.6. The molecule has 13 heavy (non-hydrogen) atoms. The largest absolute Gasteiger partial charge is 0.387 e. The Labute approximate surface area is 78.7 Å². The van der Waals surface area contributed by atoms with Crippen molar-refractivity contribution in [2.75, 3.05) is 18.9 Å². The van der Waals surface area contributed by atoms with Gasteiger partial charge in [0.15, 0.2) is 0 Å². The number of pyridine rings is 1. The first-order valence-corrected chi connectivity index (χ1v) is 4.36. The molecule has 0 aliphatic heterocycles. The fourth-order valence-electron chi connectivity index (χ4n) is 1.00. The van der Waals surface area contributed by atoms with Gasteiger partial charge in [-0.15, -0.1) is 0 Å². The van der Waals surface area contributed by atoms with Crippen LogP contribution in [-0.2, 0) is 0 Å². The second-order valence-corrected chi connectivity index (χ2v) is 2.74. The van der Waals surface area contributed by atoms with Crippen LogP contribution in [0.3, 0.4) is 0 Å². The van der Waals surface area contributed by atoms with Crippen molar-refractivity contribution in [1.82, 2.24) is 4.98 Å². The summed E-state index contributed by atoms with van der Waals surface area (Å²) < 4.78 is 0. The van der Waals surface area contributed by atoms with Crippen molar-refractivity contribution >= 4 is 11.8 Å². The first-order chi connectivity index (χ1) is 6.36. The summed E-state index contributed by atoms with van der Waals surface area (Å²) in [4.78, 5) is 4.09. The van der Waals surface area contributed by atoms with Gasteiger partial charge in [0.05, 0.1) is 5.69 Å². The third-order valence-electron chi connectivity index (χ3n) is 1.69. The molecule has 1 aromatic rings. The Kier molecular flexibility index (Phi) is 3.99. The monoisotopic (exact) mass is 177 g/mol. The van der Waals surface area contributed by atoms with E-state index in [1.54, 1.807) is 6.20 Å². The smallest absolute Gasteiger partial charge is 0.0530 e. The second kappa shape index (κ2) is 5.32. The molecule has 0 atom stereocenters. The van der Waals surface area contributed by atoms with Gasteiger partial charge in [-0.1, -0.05) is 12.2 Å². The molecule has 0 aromatic carbocycles. The van der Waals surface area contributed by atoms with E-state index in [-0.39, 0.29) is 0 Å². The SMILES string of the molecule is CNc1cncc(/C=C/CCN)c1. The van der Waals surface area contributed by atoms with Gasteiger partial charge in [-0.3, -0.25) is 4.98 Å². The molecule has 0 unspecified atom stereocenters. The van der Waals surface area contributed by atoms with Crippen LogP contribution in [0.4, 0.5) is 5.69 Å². The fraction of sp³-hybridized carbons (Fsp3) is 0.300. The van der Waals surface area contributed by atoms with E-state index < -0.39 is 0 Å². The Morgan fingerprint density at radius 1 is 1.54 bits per heavy atom. The van der Waals surface area contributed by atoms with Gasteiger partial charge in [0.2, 0.25) is 0 Å². The fourth-order valence-corrected chi connectivity index (χ4v) is 1.00. The minimum Gasteiger partial charge on any atom is -0.387 e. The Balaban J connectivity index is 2.66. The minimum atomic E-state index is 0.690. The summed E-state index contributed by atoms with van der Waals surface area (Å²) >= 11 is 0. The highest BCUT2D eigenvalue weighted by Crippen LogP contribution is 2.08. The predicted octanol–water partition coefficient (Wildman–Crippen LogP) is 1.49. The van der Waals surface area contributed by atoms with Crippen LogP contribution >= 0.6 is 0 Å². The van der Waals surface area contributed by atoms with E-state index in [1.807, 2.05) is 25.4 Å². The lowest BCUT2D eigenvalue weighted by atomic mass is 10.2. The summed E-state index contributed by atoms with van der Waals surface area (Å²) in [5.41, 5.74) is 7.49. The molecule has 0 aliphatic rings. The summed E-state index contributed by atoms with van der Waals surface area (Å²) in [5.74, 6) is 0. The molecule has 0 spiro atoms. The van der Waals surface area contributed by atoms with Crippen molar-refractivity contribution in [2.24, 2.45) is 5.73 Å². The summed E-state index contributed by atoms with van der Waals surface area (Å²) in [6, 6.07) is 2.04. The van der Waals surface area contributed by atoms with Crippen molar-refractivity contribution in [3.63, 3.8) is 0 Å². The molecule has 0 saturated carbocycles. The van der Waals surface area contributed by atoms with E-state index in [0.717, 1.165) is 17.7 Å². The van der Waals surface area contributed by atoms with E-state index in [0.29, 0.717) is 6.54 Å². The minimum absolute atomic E-state index is 0.690. The van der Waals surface area contributed by atoms with Crippen molar-refractivity contribution in [2.45, 2.75) is 6.42 Å². The van der Waals surface area contributed by atoms with Crippen LogP contribution < -0.4 is 11.1 Å². The number of rotatable bonds is 4. The van der Waals surface area contributed by atoms with Crippen molar-refractivity contribution in [3.8, 4) is 0 Å². The van der Waals surface area contributed by atoms with Crippen molar-refractivity contribution in [1.29, 1.82) is 0 Å². The highest BCUT2D eigenvalue weighted by molar-refractivity contribution is 5.54. The number of nitrogens with two attached hydrogens (primary N) is 1. The van der Waals surface area contributed by atoms with E-state index >= 15 is 0 Å². The quantitative estimate of drug-likeness (QED) is 0.732. The first kappa shape index (κ1) is 9.74. The molecule has 0 saturated heterocycles. The number of nitrogens with one attached hydrogen (secondary N) is 1. The predicted molar refractivity (Wildman–Crippen MR) is 56.5 cm³/mol. The first-order valence-electron chi connectivity index (χ1n) is 4.36. The van der Waals surface area contributed by atoms with Crippen LogP contribution in [0.15, 0.2) is 24.5 Å². The number of anilines is 1. The Bertz CT molecular complexity index is 281. The summed E-state index contributed by atoms with van der Waals surface area (Å²) in [5, 5.41) is 3.04. The zero-order chi connectivity index (χ0) is 9.52. The maximum Gasteiger partial charge on any atom is 0.0530 e. The molecule has 3 nitrogen and oxygen atoms in total. The molecule has 1 heterocycles. The molecule has 70 valence electrons. The Morgan fingerprint density at radius 2 is 2.38 bits per heavy atom. The molecule has 1 rings (SSSR count). The maximum atomic E-state index is 5.37. The van der Waals surface area contributed by atoms with Crippen LogP contribution in [0.5, 0.6) is 0 Å². The van der Waals surface area contributed by atoms with E-state index in [1.165, 1.54) is 0 Å². The van der Waals surface area contributed by atoms with Gasteiger partial charge in [-0.05, 0) is 24.6 Å². The highest BCUT2D eigenvalue weighted by atomic mass is 14.8. The molecular weight excluding hydrogens is 162 g/mol. The third-order valence-corrected chi connectivity index (χ3v) is 1.69. The molecular formula is C10H15N3. The van der Waals surface area contributed by atoms with Crippen LogP contribution in [0.2, 0.25) is 0 Å². The topological polar surface area (TPSA) is 50.9 Å². The van der Waals surface area contributed by atoms with Crippen LogP contribution in [0.25, 0.3) is 6.08 Å². The lowest BCUT2D eigenvalue weighted by Gasteiger charge is -1.99. The maximum absolute atomic E-state index is 5.37. The molecule has 3 N–H and O–H groups in total. The van der Waals surface area contributed by atoms with Crippen LogP contribution in [-0.4, -0.2) is 18.6 Å². The standard InChI is InChI=1S/C10H15N3/c1-12-10-6-9(7-13-8-10)4-2-3-5-11/h2,4,6-8,12H,3,5,11H2,1H3/b4-2+. The van der Waals surface area contributed by atoms with Gasteiger partial charge in [-0.25, -0.2) is 0 Å². The van der Waals surface area contributed by atoms with Gasteiger partial charge >= 0.3 is 0 Å². The van der Waals surface area contributed by atoms with Gasteiger partial charge in [0.25, 0.3) is 0 Å². The number of hydrogen-bond donors (Lipinski definition) is 2. The van der Waals surface area contributed by atoms with Crippen LogP contribution in [0.1, 0.15) is 12.0 Å². The average molecular weight is 177 g/mol. The molecule has 0 bridgehead atoms. The molecule has 0 aliphatic carbocycles. The van der Waals surface area contributed by atoms with E-state index in [2.05, 4.69) is 16.4 Å². The lowest BCUT2D eigenvalue weighted by Crippen LogP contribution is -1.95. The molecule has 0 amide bonds. The van der Waals surface area contributed by atoms with Gasteiger partial charge in [0.1, 0.15) is 0 Å². The third kappa shape index (κ3) is 3.25. The second-order valence-electron chi connectivity index (χ2n) is 2.74. The van der Waals surface area contributed by atoms with E-state index in [4.69, 9.17) is 5.73 Å². The molecule has 0 radical (unpaired) electrons. The lowest BCUT2D eigenvalue weighted by molar-refractivity contribution is 1.01. The molecule has 1 aromatic heterocycles. The zero-order valence-electron chi connectivity index (χ0n) is 7.83. The average Bonchev–Trinajstić information content (AvgIpc) is 2.19. The van der Waals surface area contributed by atoms with Crippen molar-refractivity contribution in [3.05, 3.63) is 30.1 Å². The van der Waals surface area contributed by atoms with Gasteiger partial charge < -0.3 is 11.1 Å². The summed E-state index contributed by atoms with van der Waals surface area (Å²) in [6.45, 7) is 0.690. The van der Waals surface area contributed by atoms with E-state index in [9.17, 15) is 0 Å². The highest BCUT2D eigenvalue weighted by Gasteiger charge is 1.89. The van der Waals surface area contributed by atoms with Crippen LogP contribution in [0, 0.1) is 0 Å². The summed E-state index contributed by atoms with van der Waals surface area (Å²) in [7, 11) is 1.88. The molecule has 0 fully saturated rings. The Morgan fingerprint density at radius 3 is 3.08 bits per heavy atom. The van der Waals surface area contributed by atoms with Crippen molar-refractivity contribution < 1.29 is 0 Å². The summed E-state index contributed by atoms with van der Waals surface area (Å²) in [6.07, 6.45) is 8.61. The van der Waals surface area contributed by atoms with Gasteiger partial charge in [-0.2, -0.15) is 0 Å². The van der Waals surface area contributed by atoms with Gasteiger partial charge in [0, 0.05) is 19.4 Å². The number of hydrogen-bond acceptors (Lipinski definition) is 3. The number of nitrogens with zero attached hydrogens (tertiary/aromatic N) is 1. The Hall–Kier alpha value is -1.35. The zero-order valence-corrected chi connectivity index (χ0v) is 7.83. The molecule has 3 heteroatoms. The number of aromatic nitrogens is 1.